The van der Waals surface area contributed by atoms with Gasteiger partial charge >= 0.3 is 0 Å². The van der Waals surface area contributed by atoms with Gasteiger partial charge in [0, 0.05) is 0 Å². The molecule has 2 rings (SSSR count). The van der Waals surface area contributed by atoms with Crippen molar-refractivity contribution in [3.05, 3.63) is 65.5 Å². The second-order valence-corrected chi connectivity index (χ2v) is 5.73. The Morgan fingerprint density at radius 2 is 1.74 bits per heavy atom. The van der Waals surface area contributed by atoms with E-state index in [0.717, 1.165) is 11.3 Å². The molecule has 0 saturated heterocycles. The molecule has 2 aromatic carbocycles. The van der Waals surface area contributed by atoms with Crippen LogP contribution < -0.4 is 10.1 Å². The van der Waals surface area contributed by atoms with Crippen LogP contribution >= 0.6 is 0 Å². The number of hydrogen-bond acceptors (Lipinski definition) is 2. The largest absolute Gasteiger partial charge is 0.492 e. The summed E-state index contributed by atoms with van der Waals surface area (Å²) in [6.45, 7) is 5.14. The van der Waals surface area contributed by atoms with Gasteiger partial charge in [-0.05, 0) is 41.3 Å². The van der Waals surface area contributed by atoms with E-state index in [9.17, 15) is 9.18 Å². The molecule has 23 heavy (non-hydrogen) atoms. The summed E-state index contributed by atoms with van der Waals surface area (Å²) in [6.07, 6.45) is 0.239. The fourth-order valence-electron chi connectivity index (χ4n) is 2.16. The number of carbonyl (C=O) groups excluding carboxylic acids is 1. The predicted molar refractivity (Wildman–Crippen MR) is 89.1 cm³/mol. The second-order valence-electron chi connectivity index (χ2n) is 5.73. The molecule has 0 saturated carbocycles. The molecule has 0 radical (unpaired) electrons. The highest BCUT2D eigenvalue weighted by atomic mass is 19.1. The molecular weight excluding hydrogens is 293 g/mol. The third-order valence-electron chi connectivity index (χ3n) is 3.52. The second kappa shape index (κ2) is 8.32. The molecule has 1 amide bonds. The van der Waals surface area contributed by atoms with Crippen molar-refractivity contribution in [1.82, 2.24) is 5.32 Å². The van der Waals surface area contributed by atoms with Crippen LogP contribution in [0.2, 0.25) is 0 Å². The number of halogens is 1. The highest BCUT2D eigenvalue weighted by Gasteiger charge is 2.04. The van der Waals surface area contributed by atoms with E-state index in [1.807, 2.05) is 24.3 Å². The summed E-state index contributed by atoms with van der Waals surface area (Å²) in [5.41, 5.74) is 2.05. The first kappa shape index (κ1) is 17.0. The molecule has 122 valence electrons. The summed E-state index contributed by atoms with van der Waals surface area (Å²) in [5, 5.41) is 2.79. The number of hydrogen-bond donors (Lipinski definition) is 1. The van der Waals surface area contributed by atoms with Crippen LogP contribution in [-0.2, 0) is 11.2 Å². The molecular formula is C19H22FNO2. The molecule has 0 aliphatic carbocycles. The van der Waals surface area contributed by atoms with Crippen molar-refractivity contribution in [2.24, 2.45) is 0 Å². The summed E-state index contributed by atoms with van der Waals surface area (Å²) in [4.78, 5) is 11.8. The zero-order valence-electron chi connectivity index (χ0n) is 13.5. The summed E-state index contributed by atoms with van der Waals surface area (Å²) < 4.78 is 18.4. The average molecular weight is 315 g/mol. The molecule has 0 atom stereocenters. The van der Waals surface area contributed by atoms with E-state index in [2.05, 4.69) is 19.2 Å². The SMILES string of the molecule is CC(C)c1ccc(OCCNC(=O)Cc2ccc(F)cc2)cc1. The molecule has 0 aliphatic heterocycles. The van der Waals surface area contributed by atoms with Crippen LogP contribution in [0, 0.1) is 5.82 Å². The maximum atomic E-state index is 12.8. The maximum absolute atomic E-state index is 12.8. The first-order chi connectivity index (χ1) is 11.0. The zero-order chi connectivity index (χ0) is 16.7. The molecule has 0 heterocycles. The third kappa shape index (κ3) is 5.74. The Bertz CT molecular complexity index is 621. The minimum absolute atomic E-state index is 0.102. The molecule has 0 unspecified atom stereocenters. The van der Waals surface area contributed by atoms with Crippen molar-refractivity contribution in [2.45, 2.75) is 26.2 Å². The van der Waals surface area contributed by atoms with Crippen LogP contribution in [0.5, 0.6) is 5.75 Å². The van der Waals surface area contributed by atoms with E-state index < -0.39 is 0 Å². The average Bonchev–Trinajstić information content (AvgIpc) is 2.54. The van der Waals surface area contributed by atoms with Gasteiger partial charge < -0.3 is 10.1 Å². The Balaban J connectivity index is 1.68. The van der Waals surface area contributed by atoms with Crippen molar-refractivity contribution in [3.8, 4) is 5.75 Å². The first-order valence-electron chi connectivity index (χ1n) is 7.78. The van der Waals surface area contributed by atoms with E-state index in [4.69, 9.17) is 4.74 Å². The maximum Gasteiger partial charge on any atom is 0.224 e. The van der Waals surface area contributed by atoms with Crippen molar-refractivity contribution >= 4 is 5.91 Å². The number of ether oxygens (including phenoxy) is 1. The topological polar surface area (TPSA) is 38.3 Å². The van der Waals surface area contributed by atoms with Gasteiger partial charge in [-0.2, -0.15) is 0 Å². The van der Waals surface area contributed by atoms with Crippen LogP contribution in [0.4, 0.5) is 4.39 Å². The summed E-state index contributed by atoms with van der Waals surface area (Å²) in [6, 6.07) is 13.9. The third-order valence-corrected chi connectivity index (χ3v) is 3.52. The van der Waals surface area contributed by atoms with Crippen LogP contribution in [0.25, 0.3) is 0 Å². The zero-order valence-corrected chi connectivity index (χ0v) is 13.5. The van der Waals surface area contributed by atoms with Crippen molar-refractivity contribution < 1.29 is 13.9 Å². The minimum atomic E-state index is -0.300. The molecule has 0 fully saturated rings. The van der Waals surface area contributed by atoms with Crippen molar-refractivity contribution in [1.29, 1.82) is 0 Å². The quantitative estimate of drug-likeness (QED) is 0.791. The van der Waals surface area contributed by atoms with Gasteiger partial charge in [-0.25, -0.2) is 4.39 Å². The van der Waals surface area contributed by atoms with Gasteiger partial charge in [0.15, 0.2) is 0 Å². The summed E-state index contributed by atoms with van der Waals surface area (Å²) in [7, 11) is 0. The molecule has 2 aromatic rings. The number of rotatable bonds is 7. The van der Waals surface area contributed by atoms with Crippen LogP contribution in [0.3, 0.4) is 0 Å². The number of carbonyl (C=O) groups is 1. The number of amides is 1. The van der Waals surface area contributed by atoms with Crippen molar-refractivity contribution in [2.75, 3.05) is 13.2 Å². The first-order valence-corrected chi connectivity index (χ1v) is 7.78. The lowest BCUT2D eigenvalue weighted by atomic mass is 10.0. The lowest BCUT2D eigenvalue weighted by Gasteiger charge is -2.10. The number of benzene rings is 2. The van der Waals surface area contributed by atoms with Crippen LogP contribution in [0.1, 0.15) is 30.9 Å². The van der Waals surface area contributed by atoms with Gasteiger partial charge in [0.05, 0.1) is 13.0 Å². The highest BCUT2D eigenvalue weighted by Crippen LogP contribution is 2.18. The number of nitrogens with one attached hydrogen (secondary N) is 1. The van der Waals surface area contributed by atoms with E-state index in [1.54, 1.807) is 12.1 Å². The molecule has 0 aromatic heterocycles. The summed E-state index contributed by atoms with van der Waals surface area (Å²) in [5.74, 6) is 0.887. The molecule has 0 bridgehead atoms. The monoisotopic (exact) mass is 315 g/mol. The Kier molecular flexibility index (Phi) is 6.15. The van der Waals surface area contributed by atoms with Crippen LogP contribution in [0.15, 0.2) is 48.5 Å². The molecule has 4 heteroatoms. The van der Waals surface area contributed by atoms with E-state index in [-0.39, 0.29) is 18.1 Å². The summed E-state index contributed by atoms with van der Waals surface area (Å²) >= 11 is 0. The molecule has 0 aliphatic rings. The Hall–Kier alpha value is -2.36. The van der Waals surface area contributed by atoms with Crippen LogP contribution in [-0.4, -0.2) is 19.1 Å². The minimum Gasteiger partial charge on any atom is -0.492 e. The van der Waals surface area contributed by atoms with E-state index in [1.165, 1.54) is 17.7 Å². The van der Waals surface area contributed by atoms with E-state index in [0.29, 0.717) is 19.1 Å². The van der Waals surface area contributed by atoms with Gasteiger partial charge in [0.25, 0.3) is 0 Å². The van der Waals surface area contributed by atoms with Gasteiger partial charge in [0.2, 0.25) is 5.91 Å². The Labute approximate surface area is 136 Å². The Morgan fingerprint density at radius 1 is 1.09 bits per heavy atom. The van der Waals surface area contributed by atoms with Gasteiger partial charge in [0.1, 0.15) is 18.2 Å². The predicted octanol–water partition coefficient (Wildman–Crippen LogP) is 3.69. The lowest BCUT2D eigenvalue weighted by molar-refractivity contribution is -0.120. The fraction of sp³-hybridized carbons (Fsp3) is 0.316. The van der Waals surface area contributed by atoms with E-state index >= 15 is 0 Å². The van der Waals surface area contributed by atoms with Gasteiger partial charge in [-0.1, -0.05) is 38.1 Å². The normalized spacial score (nSPS) is 10.6. The lowest BCUT2D eigenvalue weighted by Crippen LogP contribution is -2.29. The molecule has 0 spiro atoms. The standard InChI is InChI=1S/C19H22FNO2/c1-14(2)16-5-9-18(10-6-16)23-12-11-21-19(22)13-15-3-7-17(20)8-4-15/h3-10,14H,11-13H2,1-2H3,(H,21,22). The molecule has 3 nitrogen and oxygen atoms in total. The Morgan fingerprint density at radius 3 is 2.35 bits per heavy atom. The fourth-order valence-corrected chi connectivity index (χ4v) is 2.16. The molecule has 1 N–H and O–H groups in total. The van der Waals surface area contributed by atoms with Gasteiger partial charge in [-0.3, -0.25) is 4.79 Å². The smallest absolute Gasteiger partial charge is 0.224 e. The van der Waals surface area contributed by atoms with Crippen molar-refractivity contribution in [3.63, 3.8) is 0 Å². The van der Waals surface area contributed by atoms with Gasteiger partial charge in [-0.15, -0.1) is 0 Å². The highest BCUT2D eigenvalue weighted by molar-refractivity contribution is 5.78.